The van der Waals surface area contributed by atoms with Gasteiger partial charge in [0.2, 0.25) is 0 Å². The van der Waals surface area contributed by atoms with E-state index in [1.807, 2.05) is 12.1 Å². The summed E-state index contributed by atoms with van der Waals surface area (Å²) in [7, 11) is 3.38. The van der Waals surface area contributed by atoms with Gasteiger partial charge in [0.1, 0.15) is 11.5 Å². The maximum Gasteiger partial charge on any atom is 0.173 e. The van der Waals surface area contributed by atoms with E-state index in [1.54, 1.807) is 14.2 Å². The van der Waals surface area contributed by atoms with Crippen molar-refractivity contribution in [2.24, 2.45) is 0 Å². The molecule has 0 amide bonds. The quantitative estimate of drug-likeness (QED) is 0.527. The van der Waals surface area contributed by atoms with E-state index in [0.717, 1.165) is 27.9 Å². The van der Waals surface area contributed by atoms with Crippen LogP contribution in [0, 0.1) is 6.92 Å². The summed E-state index contributed by atoms with van der Waals surface area (Å²) in [5.41, 5.74) is 4.83. The third kappa shape index (κ3) is 5.07. The SMILES string of the molecule is COc1ccc(CN(C(=S)Nc2cccc(C(C)C)c2C)C2CCCC2)c(OC)c1. The fraction of sp³-hybridized carbons (Fsp3) is 0.480. The summed E-state index contributed by atoms with van der Waals surface area (Å²) < 4.78 is 11.0. The Labute approximate surface area is 186 Å². The average molecular weight is 427 g/mol. The van der Waals surface area contributed by atoms with E-state index in [1.165, 1.54) is 36.8 Å². The number of methoxy groups -OCH3 is 2. The van der Waals surface area contributed by atoms with Crippen LogP contribution in [0.25, 0.3) is 0 Å². The molecule has 1 saturated carbocycles. The van der Waals surface area contributed by atoms with Gasteiger partial charge in [-0.15, -0.1) is 0 Å². The van der Waals surface area contributed by atoms with Gasteiger partial charge in [0.25, 0.3) is 0 Å². The van der Waals surface area contributed by atoms with Crippen molar-refractivity contribution in [2.45, 2.75) is 65.0 Å². The van der Waals surface area contributed by atoms with Crippen LogP contribution >= 0.6 is 12.2 Å². The van der Waals surface area contributed by atoms with Gasteiger partial charge in [-0.05, 0) is 67.2 Å². The molecule has 0 unspecified atom stereocenters. The number of nitrogens with zero attached hydrogens (tertiary/aromatic N) is 1. The molecule has 2 aromatic rings. The summed E-state index contributed by atoms with van der Waals surface area (Å²) in [5, 5.41) is 4.34. The van der Waals surface area contributed by atoms with Crippen molar-refractivity contribution in [3.8, 4) is 11.5 Å². The molecule has 0 bridgehead atoms. The molecule has 0 aliphatic heterocycles. The van der Waals surface area contributed by atoms with Crippen LogP contribution < -0.4 is 14.8 Å². The van der Waals surface area contributed by atoms with Crippen LogP contribution in [0.15, 0.2) is 36.4 Å². The fourth-order valence-electron chi connectivity index (χ4n) is 4.35. The van der Waals surface area contributed by atoms with E-state index < -0.39 is 0 Å². The summed E-state index contributed by atoms with van der Waals surface area (Å²) in [6.45, 7) is 7.34. The van der Waals surface area contributed by atoms with E-state index in [9.17, 15) is 0 Å². The monoisotopic (exact) mass is 426 g/mol. The predicted octanol–water partition coefficient (Wildman–Crippen LogP) is 6.28. The molecule has 0 saturated heterocycles. The number of nitrogens with one attached hydrogen (secondary N) is 1. The molecule has 0 aromatic heterocycles. The van der Waals surface area contributed by atoms with Crippen LogP contribution in [0.5, 0.6) is 11.5 Å². The normalized spacial score (nSPS) is 14.1. The van der Waals surface area contributed by atoms with Gasteiger partial charge in [-0.2, -0.15) is 0 Å². The molecule has 0 heterocycles. The lowest BCUT2D eigenvalue weighted by Gasteiger charge is -2.33. The zero-order valence-corrected chi connectivity index (χ0v) is 19.6. The predicted molar refractivity (Wildman–Crippen MR) is 129 cm³/mol. The number of thiocarbonyl (C=S) groups is 1. The second-order valence-electron chi connectivity index (χ2n) is 8.35. The first kappa shape index (κ1) is 22.4. The first-order valence-corrected chi connectivity index (χ1v) is 11.2. The number of benzene rings is 2. The highest BCUT2D eigenvalue weighted by Crippen LogP contribution is 2.31. The first-order chi connectivity index (χ1) is 14.4. The minimum Gasteiger partial charge on any atom is -0.497 e. The standard InChI is InChI=1S/C25H34N2O2S/c1-17(2)22-11-8-12-23(18(22)3)26-25(30)27(20-9-6-7-10-20)16-19-13-14-21(28-4)15-24(19)29-5/h8,11-15,17,20H,6-7,9-10,16H2,1-5H3,(H,26,30). The Bertz CT molecular complexity index is 875. The van der Waals surface area contributed by atoms with Crippen molar-refractivity contribution in [2.75, 3.05) is 19.5 Å². The van der Waals surface area contributed by atoms with Crippen LogP contribution in [-0.4, -0.2) is 30.3 Å². The molecule has 1 fully saturated rings. The second kappa shape index (κ2) is 10.2. The highest BCUT2D eigenvalue weighted by atomic mass is 32.1. The van der Waals surface area contributed by atoms with Gasteiger partial charge < -0.3 is 19.7 Å². The van der Waals surface area contributed by atoms with Crippen LogP contribution in [0.2, 0.25) is 0 Å². The van der Waals surface area contributed by atoms with E-state index in [2.05, 4.69) is 55.3 Å². The first-order valence-electron chi connectivity index (χ1n) is 10.8. The molecule has 2 aromatic carbocycles. The molecule has 3 rings (SSSR count). The molecule has 1 N–H and O–H groups in total. The number of rotatable bonds is 7. The second-order valence-corrected chi connectivity index (χ2v) is 8.74. The third-order valence-corrected chi connectivity index (χ3v) is 6.44. The van der Waals surface area contributed by atoms with Gasteiger partial charge in [0.15, 0.2) is 5.11 Å². The Balaban J connectivity index is 1.86. The summed E-state index contributed by atoms with van der Waals surface area (Å²) >= 11 is 5.94. The Morgan fingerprint density at radius 2 is 1.87 bits per heavy atom. The Morgan fingerprint density at radius 1 is 1.13 bits per heavy atom. The maximum absolute atomic E-state index is 5.94. The zero-order valence-electron chi connectivity index (χ0n) is 18.8. The lowest BCUT2D eigenvalue weighted by Crippen LogP contribution is -2.41. The van der Waals surface area contributed by atoms with Crippen LogP contribution in [-0.2, 0) is 6.54 Å². The average Bonchev–Trinajstić information content (AvgIpc) is 3.27. The van der Waals surface area contributed by atoms with Gasteiger partial charge in [-0.3, -0.25) is 0 Å². The Morgan fingerprint density at radius 3 is 2.50 bits per heavy atom. The fourth-order valence-corrected chi connectivity index (χ4v) is 4.67. The smallest absolute Gasteiger partial charge is 0.173 e. The summed E-state index contributed by atoms with van der Waals surface area (Å²) in [6.07, 6.45) is 4.85. The summed E-state index contributed by atoms with van der Waals surface area (Å²) in [4.78, 5) is 2.34. The molecule has 1 aliphatic rings. The van der Waals surface area contributed by atoms with E-state index in [4.69, 9.17) is 21.7 Å². The van der Waals surface area contributed by atoms with Crippen LogP contribution in [0.4, 0.5) is 5.69 Å². The zero-order chi connectivity index (χ0) is 21.7. The lowest BCUT2D eigenvalue weighted by molar-refractivity contribution is 0.304. The largest absolute Gasteiger partial charge is 0.497 e. The number of hydrogen-bond acceptors (Lipinski definition) is 3. The molecular formula is C25H34N2O2S. The lowest BCUT2D eigenvalue weighted by atomic mass is 9.97. The highest BCUT2D eigenvalue weighted by Gasteiger charge is 2.26. The van der Waals surface area contributed by atoms with Gasteiger partial charge in [0.05, 0.1) is 14.2 Å². The van der Waals surface area contributed by atoms with E-state index in [0.29, 0.717) is 18.5 Å². The summed E-state index contributed by atoms with van der Waals surface area (Å²) in [6, 6.07) is 12.9. The summed E-state index contributed by atoms with van der Waals surface area (Å²) in [5.74, 6) is 2.11. The van der Waals surface area contributed by atoms with Crippen molar-refractivity contribution in [3.63, 3.8) is 0 Å². The van der Waals surface area contributed by atoms with Crippen LogP contribution in [0.1, 0.15) is 62.1 Å². The molecule has 0 atom stereocenters. The minimum atomic E-state index is 0.449. The number of anilines is 1. The van der Waals surface area contributed by atoms with Crippen molar-refractivity contribution < 1.29 is 9.47 Å². The molecule has 30 heavy (non-hydrogen) atoms. The van der Waals surface area contributed by atoms with Crippen molar-refractivity contribution in [3.05, 3.63) is 53.1 Å². The molecule has 5 heteroatoms. The van der Waals surface area contributed by atoms with Crippen LogP contribution in [0.3, 0.4) is 0 Å². The van der Waals surface area contributed by atoms with Gasteiger partial charge >= 0.3 is 0 Å². The minimum absolute atomic E-state index is 0.449. The van der Waals surface area contributed by atoms with Crippen molar-refractivity contribution in [1.29, 1.82) is 0 Å². The topological polar surface area (TPSA) is 33.7 Å². The molecule has 1 aliphatic carbocycles. The van der Waals surface area contributed by atoms with Gasteiger partial charge in [0, 0.05) is 29.9 Å². The Hall–Kier alpha value is -2.27. The highest BCUT2D eigenvalue weighted by molar-refractivity contribution is 7.80. The molecular weight excluding hydrogens is 392 g/mol. The number of hydrogen-bond donors (Lipinski definition) is 1. The van der Waals surface area contributed by atoms with Crippen molar-refractivity contribution >= 4 is 23.0 Å². The van der Waals surface area contributed by atoms with E-state index >= 15 is 0 Å². The van der Waals surface area contributed by atoms with Gasteiger partial charge in [-0.25, -0.2) is 0 Å². The molecule has 0 spiro atoms. The molecule has 4 nitrogen and oxygen atoms in total. The molecule has 0 radical (unpaired) electrons. The van der Waals surface area contributed by atoms with E-state index in [-0.39, 0.29) is 0 Å². The van der Waals surface area contributed by atoms with Crippen molar-refractivity contribution in [1.82, 2.24) is 4.90 Å². The van der Waals surface area contributed by atoms with Gasteiger partial charge in [-0.1, -0.05) is 38.8 Å². The molecule has 162 valence electrons. The number of ether oxygens (including phenoxy) is 2. The maximum atomic E-state index is 5.94. The third-order valence-electron chi connectivity index (χ3n) is 6.10. The Kier molecular flexibility index (Phi) is 7.59.